The predicted molar refractivity (Wildman–Crippen MR) is 127 cm³/mol. The number of methoxy groups -OCH3 is 1. The van der Waals surface area contributed by atoms with E-state index in [0.29, 0.717) is 23.8 Å². The Balaban J connectivity index is 2.09. The van der Waals surface area contributed by atoms with E-state index in [-0.39, 0.29) is 24.5 Å². The number of carbonyl (C=O) groups is 2. The van der Waals surface area contributed by atoms with Crippen molar-refractivity contribution in [2.24, 2.45) is 5.92 Å². The van der Waals surface area contributed by atoms with Gasteiger partial charge in [0, 0.05) is 23.7 Å². The van der Waals surface area contributed by atoms with Gasteiger partial charge in [-0.05, 0) is 54.3 Å². The third kappa shape index (κ3) is 5.05. The Bertz CT molecular complexity index is 1050. The van der Waals surface area contributed by atoms with Crippen LogP contribution < -0.4 is 4.74 Å². The van der Waals surface area contributed by atoms with Crippen molar-refractivity contribution in [2.75, 3.05) is 26.9 Å². The van der Waals surface area contributed by atoms with Crippen LogP contribution in [0, 0.1) is 12.8 Å². The largest absolute Gasteiger partial charge is 0.507 e. The van der Waals surface area contributed by atoms with Crippen molar-refractivity contribution in [3.8, 4) is 5.75 Å². The first-order chi connectivity index (χ1) is 15.2. The minimum absolute atomic E-state index is 0.0724. The molecule has 1 aliphatic rings. The second-order valence-corrected chi connectivity index (χ2v) is 9.14. The van der Waals surface area contributed by atoms with Crippen LogP contribution >= 0.6 is 15.9 Å². The number of hydrogen-bond donors (Lipinski definition) is 1. The van der Waals surface area contributed by atoms with Gasteiger partial charge in [0.15, 0.2) is 0 Å². The highest BCUT2D eigenvalue weighted by Gasteiger charge is 2.46. The molecule has 0 saturated carbocycles. The summed E-state index contributed by atoms with van der Waals surface area (Å²) in [5.41, 5.74) is 2.04. The zero-order valence-electron chi connectivity index (χ0n) is 18.7. The van der Waals surface area contributed by atoms with E-state index in [9.17, 15) is 14.7 Å². The molecule has 0 spiro atoms. The fraction of sp³-hybridized carbons (Fsp3) is 0.360. The van der Waals surface area contributed by atoms with Gasteiger partial charge in [0.25, 0.3) is 11.7 Å². The van der Waals surface area contributed by atoms with Crippen molar-refractivity contribution in [1.29, 1.82) is 0 Å². The first-order valence-electron chi connectivity index (χ1n) is 10.5. The lowest BCUT2D eigenvalue weighted by molar-refractivity contribution is -0.140. The van der Waals surface area contributed by atoms with Crippen LogP contribution in [0.25, 0.3) is 5.76 Å². The highest BCUT2D eigenvalue weighted by Crippen LogP contribution is 2.40. The van der Waals surface area contributed by atoms with E-state index in [4.69, 9.17) is 9.47 Å². The van der Waals surface area contributed by atoms with Crippen LogP contribution in [0.5, 0.6) is 5.75 Å². The SMILES string of the molecule is COCCN1C(=O)C(=O)/C(=C(/O)c2ccc(OCC(C)C)cc2C)[C@@H]1c1cccc(Br)c1. The molecule has 1 N–H and O–H groups in total. The molecule has 1 fully saturated rings. The van der Waals surface area contributed by atoms with Gasteiger partial charge in [-0.15, -0.1) is 0 Å². The molecule has 1 amide bonds. The summed E-state index contributed by atoms with van der Waals surface area (Å²) in [5, 5.41) is 11.2. The molecule has 7 heteroatoms. The van der Waals surface area contributed by atoms with Crippen LogP contribution in [0.2, 0.25) is 0 Å². The number of Topliss-reactive ketones (excluding diaryl/α,β-unsaturated/α-hetero) is 1. The number of benzene rings is 2. The van der Waals surface area contributed by atoms with Crippen molar-refractivity contribution in [3.05, 3.63) is 69.2 Å². The fourth-order valence-corrected chi connectivity index (χ4v) is 4.14. The van der Waals surface area contributed by atoms with Crippen LogP contribution in [0.4, 0.5) is 0 Å². The summed E-state index contributed by atoms with van der Waals surface area (Å²) in [7, 11) is 1.54. The molecular weight excluding hydrogens is 474 g/mol. The highest BCUT2D eigenvalue weighted by atomic mass is 79.9. The van der Waals surface area contributed by atoms with Crippen molar-refractivity contribution in [1.82, 2.24) is 4.90 Å². The maximum atomic E-state index is 13.0. The van der Waals surface area contributed by atoms with Crippen LogP contribution in [0.15, 0.2) is 52.5 Å². The van der Waals surface area contributed by atoms with E-state index in [1.54, 1.807) is 12.1 Å². The number of aliphatic hydroxyl groups excluding tert-OH is 1. The predicted octanol–water partition coefficient (Wildman–Crippen LogP) is 4.86. The Morgan fingerprint density at radius 1 is 1.19 bits per heavy atom. The topological polar surface area (TPSA) is 76.1 Å². The number of aliphatic hydroxyl groups is 1. The summed E-state index contributed by atoms with van der Waals surface area (Å²) in [6.07, 6.45) is 0. The number of rotatable bonds is 8. The fourth-order valence-electron chi connectivity index (χ4n) is 3.72. The molecule has 3 rings (SSSR count). The van der Waals surface area contributed by atoms with Gasteiger partial charge >= 0.3 is 0 Å². The molecule has 32 heavy (non-hydrogen) atoms. The molecule has 2 aromatic carbocycles. The van der Waals surface area contributed by atoms with Crippen molar-refractivity contribution in [3.63, 3.8) is 0 Å². The minimum atomic E-state index is -0.709. The van der Waals surface area contributed by atoms with E-state index in [1.165, 1.54) is 12.0 Å². The first kappa shape index (κ1) is 24.0. The summed E-state index contributed by atoms with van der Waals surface area (Å²) >= 11 is 3.45. The lowest BCUT2D eigenvalue weighted by Crippen LogP contribution is -2.32. The van der Waals surface area contributed by atoms with Gasteiger partial charge in [-0.2, -0.15) is 0 Å². The van der Waals surface area contributed by atoms with Gasteiger partial charge in [0.2, 0.25) is 0 Å². The summed E-state index contributed by atoms with van der Waals surface area (Å²) in [6.45, 7) is 7.06. The quantitative estimate of drug-likeness (QED) is 0.317. The molecule has 2 aromatic rings. The van der Waals surface area contributed by atoms with Gasteiger partial charge in [-0.3, -0.25) is 9.59 Å². The highest BCUT2D eigenvalue weighted by molar-refractivity contribution is 9.10. The number of aryl methyl sites for hydroxylation is 1. The molecule has 0 aromatic heterocycles. The van der Waals surface area contributed by atoms with Crippen LogP contribution in [0.3, 0.4) is 0 Å². The third-order valence-corrected chi connectivity index (χ3v) is 5.77. The van der Waals surface area contributed by atoms with Gasteiger partial charge in [0.05, 0.1) is 24.8 Å². The molecule has 0 aliphatic carbocycles. The molecule has 1 saturated heterocycles. The summed E-state index contributed by atoms with van der Waals surface area (Å²) < 4.78 is 11.7. The van der Waals surface area contributed by atoms with Crippen LogP contribution in [0.1, 0.15) is 36.6 Å². The number of ketones is 1. The lowest BCUT2D eigenvalue weighted by atomic mass is 9.94. The van der Waals surface area contributed by atoms with Crippen LogP contribution in [-0.4, -0.2) is 48.6 Å². The maximum absolute atomic E-state index is 13.0. The van der Waals surface area contributed by atoms with Gasteiger partial charge in [-0.1, -0.05) is 41.9 Å². The Kier molecular flexibility index (Phi) is 7.74. The van der Waals surface area contributed by atoms with E-state index >= 15 is 0 Å². The molecule has 170 valence electrons. The average Bonchev–Trinajstić information content (AvgIpc) is 3.00. The van der Waals surface area contributed by atoms with Gasteiger partial charge in [0.1, 0.15) is 11.5 Å². The second kappa shape index (κ2) is 10.3. The summed E-state index contributed by atoms with van der Waals surface area (Å²) in [5.74, 6) is -0.471. The van der Waals surface area contributed by atoms with E-state index < -0.39 is 17.7 Å². The molecule has 0 bridgehead atoms. The first-order valence-corrected chi connectivity index (χ1v) is 11.3. The average molecular weight is 502 g/mol. The minimum Gasteiger partial charge on any atom is -0.507 e. The second-order valence-electron chi connectivity index (χ2n) is 8.22. The Labute approximate surface area is 197 Å². The number of amides is 1. The third-order valence-electron chi connectivity index (χ3n) is 5.28. The Morgan fingerprint density at radius 2 is 1.94 bits per heavy atom. The summed E-state index contributed by atoms with van der Waals surface area (Å²) in [4.78, 5) is 27.3. The number of ether oxygens (including phenoxy) is 2. The van der Waals surface area contributed by atoms with Crippen LogP contribution in [-0.2, 0) is 14.3 Å². The molecule has 1 heterocycles. The normalized spacial score (nSPS) is 17.9. The van der Waals surface area contributed by atoms with E-state index in [0.717, 1.165) is 15.6 Å². The summed E-state index contributed by atoms with van der Waals surface area (Å²) in [6, 6.07) is 12.0. The zero-order chi connectivity index (χ0) is 23.4. The van der Waals surface area contributed by atoms with E-state index in [2.05, 4.69) is 29.8 Å². The van der Waals surface area contributed by atoms with Crippen molar-refractivity contribution in [2.45, 2.75) is 26.8 Å². The van der Waals surface area contributed by atoms with Gasteiger partial charge in [-0.25, -0.2) is 0 Å². The van der Waals surface area contributed by atoms with Crippen molar-refractivity contribution >= 4 is 33.4 Å². The van der Waals surface area contributed by atoms with Gasteiger partial charge < -0.3 is 19.5 Å². The smallest absolute Gasteiger partial charge is 0.295 e. The standard InChI is InChI=1S/C25H28BrNO5/c1-15(2)14-32-19-8-9-20(16(3)12-19)23(28)21-22(17-6-5-7-18(26)13-17)27(10-11-31-4)25(30)24(21)29/h5-9,12-13,15,22,28H,10-11,14H2,1-4H3/b23-21+/t22-/m0/s1. The maximum Gasteiger partial charge on any atom is 0.295 e. The zero-order valence-corrected chi connectivity index (χ0v) is 20.3. The molecule has 0 radical (unpaired) electrons. The number of halogens is 1. The Hall–Kier alpha value is -2.64. The Morgan fingerprint density at radius 3 is 2.56 bits per heavy atom. The number of nitrogens with zero attached hydrogens (tertiary/aromatic N) is 1. The lowest BCUT2D eigenvalue weighted by Gasteiger charge is -2.25. The number of likely N-dealkylation sites (tertiary alicyclic amines) is 1. The van der Waals surface area contributed by atoms with E-state index in [1.807, 2.05) is 37.3 Å². The number of carbonyl (C=O) groups excluding carboxylic acids is 2. The monoisotopic (exact) mass is 501 g/mol. The van der Waals surface area contributed by atoms with Crippen molar-refractivity contribution < 1.29 is 24.2 Å². The molecule has 6 nitrogen and oxygen atoms in total. The molecule has 0 unspecified atom stereocenters. The molecule has 1 atom stereocenters. The molecular formula is C25H28BrNO5. The molecule has 1 aliphatic heterocycles. The number of hydrogen-bond acceptors (Lipinski definition) is 5.